The summed E-state index contributed by atoms with van der Waals surface area (Å²) in [6, 6.07) is 12.0. The fourth-order valence-corrected chi connectivity index (χ4v) is 1.56. The van der Waals surface area contributed by atoms with Crippen LogP contribution in [0.25, 0.3) is 0 Å². The zero-order valence-electron chi connectivity index (χ0n) is 10.3. The third-order valence-electron chi connectivity index (χ3n) is 2.48. The highest BCUT2D eigenvalue weighted by atomic mass is 16.5. The lowest BCUT2D eigenvalue weighted by Gasteiger charge is -2.09. The van der Waals surface area contributed by atoms with E-state index in [4.69, 9.17) is 10.00 Å². The smallest absolute Gasteiger partial charge is 0.274 e. The van der Waals surface area contributed by atoms with Gasteiger partial charge in [0, 0.05) is 6.20 Å². The molecule has 1 heterocycles. The number of nitriles is 1. The predicted molar refractivity (Wildman–Crippen MR) is 69.9 cm³/mol. The minimum Gasteiger partial charge on any atom is -0.495 e. The summed E-state index contributed by atoms with van der Waals surface area (Å²) in [5, 5.41) is 11.5. The summed E-state index contributed by atoms with van der Waals surface area (Å²) in [5.41, 5.74) is 1.13. The first-order valence-electron chi connectivity index (χ1n) is 5.55. The molecule has 1 N–H and O–H groups in total. The Hall–Kier alpha value is -2.87. The van der Waals surface area contributed by atoms with Crippen molar-refractivity contribution in [2.45, 2.75) is 0 Å². The second-order valence-corrected chi connectivity index (χ2v) is 3.70. The van der Waals surface area contributed by atoms with Crippen LogP contribution < -0.4 is 10.1 Å². The number of amides is 1. The van der Waals surface area contributed by atoms with Crippen molar-refractivity contribution in [1.82, 2.24) is 4.98 Å². The van der Waals surface area contributed by atoms with Gasteiger partial charge in [-0.25, -0.2) is 0 Å². The first-order valence-corrected chi connectivity index (χ1v) is 5.55. The molecule has 0 aliphatic rings. The van der Waals surface area contributed by atoms with Crippen molar-refractivity contribution in [1.29, 1.82) is 5.26 Å². The van der Waals surface area contributed by atoms with Crippen LogP contribution in [-0.4, -0.2) is 18.0 Å². The Labute approximate surface area is 110 Å². The number of nitrogens with one attached hydrogen (secondary N) is 1. The SMILES string of the molecule is COc1ccccc1NC(=O)c1cc(C#N)ccn1. The number of carbonyl (C=O) groups is 1. The van der Waals surface area contributed by atoms with Crippen LogP contribution in [-0.2, 0) is 0 Å². The summed E-state index contributed by atoms with van der Waals surface area (Å²) >= 11 is 0. The summed E-state index contributed by atoms with van der Waals surface area (Å²) < 4.78 is 5.14. The van der Waals surface area contributed by atoms with Crippen LogP contribution >= 0.6 is 0 Å². The maximum absolute atomic E-state index is 12.0. The molecule has 1 amide bonds. The van der Waals surface area contributed by atoms with Crippen molar-refractivity contribution in [2.75, 3.05) is 12.4 Å². The van der Waals surface area contributed by atoms with Gasteiger partial charge >= 0.3 is 0 Å². The van der Waals surface area contributed by atoms with E-state index >= 15 is 0 Å². The van der Waals surface area contributed by atoms with Gasteiger partial charge in [0.15, 0.2) is 0 Å². The van der Waals surface area contributed by atoms with Gasteiger partial charge in [-0.3, -0.25) is 9.78 Å². The van der Waals surface area contributed by atoms with Crippen LogP contribution in [0.5, 0.6) is 5.75 Å². The Bertz CT molecular complexity index is 647. The van der Waals surface area contributed by atoms with E-state index in [1.54, 1.807) is 24.3 Å². The van der Waals surface area contributed by atoms with E-state index in [-0.39, 0.29) is 11.6 Å². The predicted octanol–water partition coefficient (Wildman–Crippen LogP) is 2.21. The molecule has 19 heavy (non-hydrogen) atoms. The molecule has 0 bridgehead atoms. The maximum atomic E-state index is 12.0. The molecule has 0 aliphatic carbocycles. The van der Waals surface area contributed by atoms with E-state index in [9.17, 15) is 4.79 Å². The molecule has 0 saturated heterocycles. The molecule has 1 aromatic heterocycles. The van der Waals surface area contributed by atoms with Crippen LogP contribution in [0.4, 0.5) is 5.69 Å². The van der Waals surface area contributed by atoms with E-state index in [1.807, 2.05) is 12.1 Å². The fourth-order valence-electron chi connectivity index (χ4n) is 1.56. The number of para-hydroxylation sites is 2. The summed E-state index contributed by atoms with van der Waals surface area (Å²) in [7, 11) is 1.53. The topological polar surface area (TPSA) is 75.0 Å². The molecule has 5 nitrogen and oxygen atoms in total. The highest BCUT2D eigenvalue weighted by Gasteiger charge is 2.10. The zero-order valence-corrected chi connectivity index (χ0v) is 10.3. The number of anilines is 1. The van der Waals surface area contributed by atoms with Crippen molar-refractivity contribution in [2.24, 2.45) is 0 Å². The zero-order chi connectivity index (χ0) is 13.7. The third-order valence-corrected chi connectivity index (χ3v) is 2.48. The summed E-state index contributed by atoms with van der Waals surface area (Å²) in [5.74, 6) is 0.175. The summed E-state index contributed by atoms with van der Waals surface area (Å²) in [4.78, 5) is 15.9. The summed E-state index contributed by atoms with van der Waals surface area (Å²) in [6.07, 6.45) is 1.43. The summed E-state index contributed by atoms with van der Waals surface area (Å²) in [6.45, 7) is 0. The molecule has 0 fully saturated rings. The Morgan fingerprint density at radius 3 is 2.89 bits per heavy atom. The highest BCUT2D eigenvalue weighted by Crippen LogP contribution is 2.23. The molecule has 0 aliphatic heterocycles. The average Bonchev–Trinajstić information content (AvgIpc) is 2.47. The first-order chi connectivity index (χ1) is 9.24. The van der Waals surface area contributed by atoms with E-state index in [0.717, 1.165) is 0 Å². The van der Waals surface area contributed by atoms with Crippen molar-refractivity contribution in [3.63, 3.8) is 0 Å². The second-order valence-electron chi connectivity index (χ2n) is 3.70. The van der Waals surface area contributed by atoms with E-state index in [2.05, 4.69) is 10.3 Å². The number of ether oxygens (including phenoxy) is 1. The molecule has 1 aromatic carbocycles. The number of benzene rings is 1. The van der Waals surface area contributed by atoms with Gasteiger partial charge in [-0.05, 0) is 24.3 Å². The van der Waals surface area contributed by atoms with Crippen LogP contribution in [0.15, 0.2) is 42.6 Å². The number of pyridine rings is 1. The molecule has 0 spiro atoms. The minimum atomic E-state index is -0.387. The van der Waals surface area contributed by atoms with Crippen LogP contribution in [0.1, 0.15) is 16.1 Å². The number of hydrogen-bond acceptors (Lipinski definition) is 4. The van der Waals surface area contributed by atoms with Gasteiger partial charge in [0.1, 0.15) is 11.4 Å². The number of hydrogen-bond donors (Lipinski definition) is 1. The molecule has 0 saturated carbocycles. The van der Waals surface area contributed by atoms with E-state index < -0.39 is 0 Å². The van der Waals surface area contributed by atoms with E-state index in [1.165, 1.54) is 19.4 Å². The van der Waals surface area contributed by atoms with Crippen LogP contribution in [0.3, 0.4) is 0 Å². The van der Waals surface area contributed by atoms with Crippen LogP contribution in [0.2, 0.25) is 0 Å². The molecule has 0 radical (unpaired) electrons. The third kappa shape index (κ3) is 2.87. The largest absolute Gasteiger partial charge is 0.495 e. The molecule has 2 rings (SSSR count). The molecular formula is C14H11N3O2. The molecule has 2 aromatic rings. The Kier molecular flexibility index (Phi) is 3.74. The Balaban J connectivity index is 2.23. The number of nitrogens with zero attached hydrogens (tertiary/aromatic N) is 2. The number of aromatic nitrogens is 1. The van der Waals surface area contributed by atoms with Gasteiger partial charge in [-0.2, -0.15) is 5.26 Å². The molecule has 94 valence electrons. The van der Waals surface area contributed by atoms with Crippen molar-refractivity contribution in [3.05, 3.63) is 53.9 Å². The number of rotatable bonds is 3. The van der Waals surface area contributed by atoms with Gasteiger partial charge in [-0.1, -0.05) is 12.1 Å². The lowest BCUT2D eigenvalue weighted by molar-refractivity contribution is 0.102. The van der Waals surface area contributed by atoms with Gasteiger partial charge in [-0.15, -0.1) is 0 Å². The quantitative estimate of drug-likeness (QED) is 0.910. The van der Waals surface area contributed by atoms with Crippen LogP contribution in [0, 0.1) is 11.3 Å². The Morgan fingerprint density at radius 1 is 1.37 bits per heavy atom. The molecular weight excluding hydrogens is 242 g/mol. The number of carbonyl (C=O) groups excluding carboxylic acids is 1. The van der Waals surface area contributed by atoms with Gasteiger partial charge < -0.3 is 10.1 Å². The number of methoxy groups -OCH3 is 1. The monoisotopic (exact) mass is 253 g/mol. The highest BCUT2D eigenvalue weighted by molar-refractivity contribution is 6.03. The first kappa shape index (κ1) is 12.6. The average molecular weight is 253 g/mol. The van der Waals surface area contributed by atoms with Gasteiger partial charge in [0.25, 0.3) is 5.91 Å². The molecule has 0 atom stereocenters. The Morgan fingerprint density at radius 2 is 2.16 bits per heavy atom. The van der Waals surface area contributed by atoms with Crippen molar-refractivity contribution in [3.8, 4) is 11.8 Å². The lowest BCUT2D eigenvalue weighted by atomic mass is 10.2. The molecule has 0 unspecified atom stereocenters. The minimum absolute atomic E-state index is 0.185. The van der Waals surface area contributed by atoms with E-state index in [0.29, 0.717) is 17.0 Å². The van der Waals surface area contributed by atoms with Crippen molar-refractivity contribution < 1.29 is 9.53 Å². The van der Waals surface area contributed by atoms with Gasteiger partial charge in [0.05, 0.1) is 24.4 Å². The fraction of sp³-hybridized carbons (Fsp3) is 0.0714. The second kappa shape index (κ2) is 5.65. The molecule has 5 heteroatoms. The van der Waals surface area contributed by atoms with Gasteiger partial charge in [0.2, 0.25) is 0 Å². The maximum Gasteiger partial charge on any atom is 0.274 e. The standard InChI is InChI=1S/C14H11N3O2/c1-19-13-5-3-2-4-11(13)17-14(18)12-8-10(9-15)6-7-16-12/h2-8H,1H3,(H,17,18). The lowest BCUT2D eigenvalue weighted by Crippen LogP contribution is -2.14. The van der Waals surface area contributed by atoms with Crippen molar-refractivity contribution >= 4 is 11.6 Å². The normalized spacial score (nSPS) is 9.47.